The number of thioether (sulfide) groups is 1. The molecule has 86 valence electrons. The van der Waals surface area contributed by atoms with E-state index in [2.05, 4.69) is 10.1 Å². The van der Waals surface area contributed by atoms with Crippen LogP contribution in [0.4, 0.5) is 0 Å². The molecular formula is C8H8N3NaO3S2. The number of aromatic nitrogens is 3. The molecule has 0 N–H and O–H groups in total. The van der Waals surface area contributed by atoms with E-state index in [0.717, 1.165) is 5.65 Å². The van der Waals surface area contributed by atoms with Crippen molar-refractivity contribution in [3.63, 3.8) is 0 Å². The normalized spacial score (nSPS) is 11.4. The predicted octanol–water partition coefficient (Wildman–Crippen LogP) is -2.63. The van der Waals surface area contributed by atoms with Crippen molar-refractivity contribution in [2.24, 2.45) is 0 Å². The van der Waals surface area contributed by atoms with Crippen LogP contribution >= 0.6 is 11.8 Å². The van der Waals surface area contributed by atoms with Gasteiger partial charge in [-0.1, -0.05) is 0 Å². The van der Waals surface area contributed by atoms with Gasteiger partial charge in [-0.15, -0.1) is 11.8 Å². The largest absolute Gasteiger partial charge is 1.00 e. The SMILES string of the molecule is O=S(=O)([O-])CCSc1ccc2nccn2n1.[Na+]. The summed E-state index contributed by atoms with van der Waals surface area (Å²) in [5, 5.41) is 4.84. The number of rotatable bonds is 4. The second-order valence-corrected chi connectivity index (χ2v) is 5.65. The van der Waals surface area contributed by atoms with Crippen molar-refractivity contribution in [1.82, 2.24) is 14.6 Å². The van der Waals surface area contributed by atoms with E-state index in [4.69, 9.17) is 0 Å². The second-order valence-electron chi connectivity index (χ2n) is 3.01. The van der Waals surface area contributed by atoms with E-state index >= 15 is 0 Å². The Morgan fingerprint density at radius 2 is 2.18 bits per heavy atom. The Morgan fingerprint density at radius 3 is 2.88 bits per heavy atom. The predicted molar refractivity (Wildman–Crippen MR) is 58.3 cm³/mol. The summed E-state index contributed by atoms with van der Waals surface area (Å²) in [6, 6.07) is 3.52. The summed E-state index contributed by atoms with van der Waals surface area (Å²) in [5.41, 5.74) is 0.723. The standard InChI is InChI=1S/C8H9N3O3S2.Na/c12-16(13,14)6-5-15-8-2-1-7-9-3-4-11(7)10-8;/h1-4H,5-6H2,(H,12,13,14);/q;+1/p-1. The minimum absolute atomic E-state index is 0. The van der Waals surface area contributed by atoms with E-state index in [1.807, 2.05) is 0 Å². The van der Waals surface area contributed by atoms with Gasteiger partial charge in [0.1, 0.15) is 5.03 Å². The Morgan fingerprint density at radius 1 is 1.41 bits per heavy atom. The molecule has 2 rings (SSSR count). The van der Waals surface area contributed by atoms with Gasteiger partial charge < -0.3 is 4.55 Å². The third-order valence-electron chi connectivity index (χ3n) is 1.81. The van der Waals surface area contributed by atoms with Crippen LogP contribution in [0.3, 0.4) is 0 Å². The molecule has 0 bridgehead atoms. The van der Waals surface area contributed by atoms with Crippen molar-refractivity contribution >= 4 is 27.5 Å². The van der Waals surface area contributed by atoms with Gasteiger partial charge in [-0.3, -0.25) is 0 Å². The monoisotopic (exact) mass is 281 g/mol. The minimum Gasteiger partial charge on any atom is -0.748 e. The van der Waals surface area contributed by atoms with Crippen molar-refractivity contribution in [1.29, 1.82) is 0 Å². The Kier molecular flexibility index (Phi) is 5.42. The van der Waals surface area contributed by atoms with Gasteiger partial charge in [-0.25, -0.2) is 17.9 Å². The number of hydrogen-bond donors (Lipinski definition) is 0. The topological polar surface area (TPSA) is 87.4 Å². The van der Waals surface area contributed by atoms with Crippen molar-refractivity contribution < 1.29 is 42.5 Å². The minimum atomic E-state index is -4.14. The van der Waals surface area contributed by atoms with Crippen molar-refractivity contribution in [2.75, 3.05) is 11.5 Å². The van der Waals surface area contributed by atoms with Crippen LogP contribution in [0.5, 0.6) is 0 Å². The zero-order valence-electron chi connectivity index (χ0n) is 9.11. The first kappa shape index (κ1) is 14.9. The molecule has 0 atom stereocenters. The van der Waals surface area contributed by atoms with E-state index in [0.29, 0.717) is 5.03 Å². The molecule has 0 unspecified atom stereocenters. The van der Waals surface area contributed by atoms with Gasteiger partial charge in [-0.05, 0) is 12.1 Å². The average Bonchev–Trinajstić information content (AvgIpc) is 2.62. The van der Waals surface area contributed by atoms with E-state index < -0.39 is 10.1 Å². The van der Waals surface area contributed by atoms with E-state index in [9.17, 15) is 13.0 Å². The first-order chi connectivity index (χ1) is 7.54. The van der Waals surface area contributed by atoms with Crippen LogP contribution in [-0.2, 0) is 10.1 Å². The van der Waals surface area contributed by atoms with Gasteiger partial charge in [0.15, 0.2) is 5.65 Å². The summed E-state index contributed by atoms with van der Waals surface area (Å²) in [4.78, 5) is 4.02. The molecule has 0 saturated carbocycles. The molecule has 0 saturated heterocycles. The fourth-order valence-corrected chi connectivity index (χ4v) is 2.79. The van der Waals surface area contributed by atoms with Crippen LogP contribution in [-0.4, -0.2) is 39.1 Å². The molecule has 0 spiro atoms. The average molecular weight is 281 g/mol. The van der Waals surface area contributed by atoms with E-state index in [1.54, 1.807) is 29.0 Å². The van der Waals surface area contributed by atoms with Crippen LogP contribution in [0.2, 0.25) is 0 Å². The molecule has 2 heterocycles. The van der Waals surface area contributed by atoms with Gasteiger partial charge in [0.05, 0.1) is 10.1 Å². The molecule has 0 amide bonds. The Hall–Kier alpha value is -0.120. The molecule has 9 heteroatoms. The first-order valence-corrected chi connectivity index (χ1v) is 6.98. The van der Waals surface area contributed by atoms with E-state index in [-0.39, 0.29) is 41.1 Å². The fourth-order valence-electron chi connectivity index (χ4n) is 1.12. The van der Waals surface area contributed by atoms with Gasteiger partial charge in [0.25, 0.3) is 0 Å². The van der Waals surface area contributed by atoms with Crippen molar-refractivity contribution in [2.45, 2.75) is 5.03 Å². The van der Waals surface area contributed by atoms with Gasteiger partial charge in [-0.2, -0.15) is 5.10 Å². The number of imidazole rings is 1. The number of fused-ring (bicyclic) bond motifs is 1. The summed E-state index contributed by atoms with van der Waals surface area (Å²) in [6.07, 6.45) is 3.32. The molecule has 0 aliphatic carbocycles. The fraction of sp³-hybridized carbons (Fsp3) is 0.250. The number of nitrogens with zero attached hydrogens (tertiary/aromatic N) is 3. The Labute approximate surface area is 125 Å². The molecule has 2 aromatic rings. The van der Waals surface area contributed by atoms with Gasteiger partial charge in [0, 0.05) is 23.9 Å². The molecule has 0 aliphatic rings. The maximum atomic E-state index is 10.4. The summed E-state index contributed by atoms with van der Waals surface area (Å²) in [5.74, 6) is -0.180. The molecule has 0 aliphatic heterocycles. The van der Waals surface area contributed by atoms with Crippen LogP contribution < -0.4 is 29.6 Å². The van der Waals surface area contributed by atoms with Gasteiger partial charge >= 0.3 is 29.6 Å². The number of hydrogen-bond acceptors (Lipinski definition) is 6. The van der Waals surface area contributed by atoms with Gasteiger partial charge in [0.2, 0.25) is 0 Å². The molecule has 6 nitrogen and oxygen atoms in total. The molecule has 0 radical (unpaired) electrons. The summed E-state index contributed by atoms with van der Waals surface area (Å²) in [6.45, 7) is 0. The Balaban J connectivity index is 0.00000144. The molecule has 0 aromatic carbocycles. The summed E-state index contributed by atoms with van der Waals surface area (Å²) < 4.78 is 32.8. The molecule has 2 aromatic heterocycles. The maximum Gasteiger partial charge on any atom is 1.00 e. The zero-order chi connectivity index (χ0) is 11.6. The quantitative estimate of drug-likeness (QED) is 0.346. The smallest absolute Gasteiger partial charge is 0.748 e. The summed E-state index contributed by atoms with van der Waals surface area (Å²) >= 11 is 1.23. The van der Waals surface area contributed by atoms with E-state index in [1.165, 1.54) is 11.8 Å². The Bertz CT molecular complexity index is 599. The maximum absolute atomic E-state index is 10.4. The molecule has 17 heavy (non-hydrogen) atoms. The zero-order valence-corrected chi connectivity index (χ0v) is 12.7. The van der Waals surface area contributed by atoms with Crippen molar-refractivity contribution in [3.8, 4) is 0 Å². The van der Waals surface area contributed by atoms with Crippen LogP contribution in [0, 0.1) is 0 Å². The van der Waals surface area contributed by atoms with Crippen LogP contribution in [0.15, 0.2) is 29.6 Å². The summed E-state index contributed by atoms with van der Waals surface area (Å²) in [7, 11) is -4.14. The second kappa shape index (κ2) is 6.17. The van der Waals surface area contributed by atoms with Crippen molar-refractivity contribution in [3.05, 3.63) is 24.5 Å². The first-order valence-electron chi connectivity index (χ1n) is 4.41. The molecular weight excluding hydrogens is 273 g/mol. The molecule has 0 fully saturated rings. The third kappa shape index (κ3) is 4.57. The van der Waals surface area contributed by atoms with Crippen LogP contribution in [0.25, 0.3) is 5.65 Å². The third-order valence-corrected chi connectivity index (χ3v) is 3.70. The van der Waals surface area contributed by atoms with Crippen LogP contribution in [0.1, 0.15) is 0 Å².